The van der Waals surface area contributed by atoms with Gasteiger partial charge in [0.05, 0.1) is 28.8 Å². The fourth-order valence-electron chi connectivity index (χ4n) is 3.49. The Hall–Kier alpha value is -3.96. The highest BCUT2D eigenvalue weighted by atomic mass is 32.2. The fourth-order valence-corrected chi connectivity index (χ4v) is 4.01. The van der Waals surface area contributed by atoms with E-state index >= 15 is 0 Å². The molecule has 0 unspecified atom stereocenters. The summed E-state index contributed by atoms with van der Waals surface area (Å²) in [6.07, 6.45) is 0. The smallest absolute Gasteiger partial charge is 0.340 e. The molecule has 3 rings (SSSR count). The van der Waals surface area contributed by atoms with Gasteiger partial charge in [-0.1, -0.05) is 24.3 Å². The number of anilines is 1. The van der Waals surface area contributed by atoms with Crippen molar-refractivity contribution in [2.24, 2.45) is 5.14 Å². The summed E-state index contributed by atoms with van der Waals surface area (Å²) >= 11 is 0. The molecule has 0 saturated heterocycles. The molecule has 10 nitrogen and oxygen atoms in total. The molecule has 0 radical (unpaired) electrons. The Kier molecular flexibility index (Phi) is 7.72. The van der Waals surface area contributed by atoms with Gasteiger partial charge in [0.15, 0.2) is 6.61 Å². The van der Waals surface area contributed by atoms with Crippen molar-refractivity contribution in [3.63, 3.8) is 0 Å². The van der Waals surface area contributed by atoms with E-state index in [1.165, 1.54) is 31.4 Å². The van der Waals surface area contributed by atoms with Crippen LogP contribution in [-0.2, 0) is 30.8 Å². The molecule has 0 atom stereocenters. The van der Waals surface area contributed by atoms with Crippen LogP contribution in [0.15, 0.2) is 59.5 Å². The lowest BCUT2D eigenvalue weighted by atomic mass is 10.2. The molecular weight excluding hydrogens is 474 g/mol. The van der Waals surface area contributed by atoms with E-state index in [1.807, 2.05) is 11.5 Å². The van der Waals surface area contributed by atoms with Crippen molar-refractivity contribution in [2.75, 3.05) is 19.0 Å². The maximum absolute atomic E-state index is 12.6. The van der Waals surface area contributed by atoms with Gasteiger partial charge in [-0.3, -0.25) is 4.79 Å². The molecular formula is C24H25N3O7S. The summed E-state index contributed by atoms with van der Waals surface area (Å²) in [5.41, 5.74) is 2.93. The number of carbonyl (C=O) groups excluding carboxylic acids is 3. The number of carbonyl (C=O) groups is 3. The summed E-state index contributed by atoms with van der Waals surface area (Å²) in [6, 6.07) is 14.1. The Labute approximate surface area is 202 Å². The average molecular weight is 500 g/mol. The highest BCUT2D eigenvalue weighted by Crippen LogP contribution is 2.20. The standard InChI is InChI=1S/C24H25N3O7S/c1-15-12-20(16(2)27(15)13-17-8-10-18(11-9-17)35(25,31)32)24(30)34-14-22(28)26-21-7-5-4-6-19(21)23(29)33-3/h4-12H,13-14H2,1-3H3,(H,26,28)(H2,25,31,32). The highest BCUT2D eigenvalue weighted by molar-refractivity contribution is 7.89. The predicted molar refractivity (Wildman–Crippen MR) is 128 cm³/mol. The van der Waals surface area contributed by atoms with Gasteiger partial charge in [0.25, 0.3) is 5.91 Å². The van der Waals surface area contributed by atoms with E-state index in [0.717, 1.165) is 11.3 Å². The van der Waals surface area contributed by atoms with Crippen LogP contribution >= 0.6 is 0 Å². The molecule has 1 heterocycles. The third-order valence-corrected chi connectivity index (χ3v) is 6.26. The molecule has 3 N–H and O–H groups in total. The molecule has 184 valence electrons. The second-order valence-electron chi connectivity index (χ2n) is 7.72. The van der Waals surface area contributed by atoms with Crippen molar-refractivity contribution in [1.29, 1.82) is 0 Å². The first-order chi connectivity index (χ1) is 16.5. The first kappa shape index (κ1) is 25.7. The van der Waals surface area contributed by atoms with Crippen molar-refractivity contribution in [2.45, 2.75) is 25.3 Å². The van der Waals surface area contributed by atoms with Gasteiger partial charge in [-0.15, -0.1) is 0 Å². The number of amides is 1. The second-order valence-corrected chi connectivity index (χ2v) is 9.28. The number of aromatic nitrogens is 1. The van der Waals surface area contributed by atoms with E-state index in [0.29, 0.717) is 17.8 Å². The molecule has 0 aliphatic heterocycles. The number of methoxy groups -OCH3 is 1. The largest absolute Gasteiger partial charge is 0.465 e. The number of para-hydroxylation sites is 1. The van der Waals surface area contributed by atoms with Crippen LogP contribution < -0.4 is 10.5 Å². The summed E-state index contributed by atoms with van der Waals surface area (Å²) in [5.74, 6) is -1.89. The quantitative estimate of drug-likeness (QED) is 0.452. The van der Waals surface area contributed by atoms with Crippen molar-refractivity contribution >= 4 is 33.6 Å². The van der Waals surface area contributed by atoms with Gasteiger partial charge >= 0.3 is 11.9 Å². The van der Waals surface area contributed by atoms with Crippen LogP contribution in [0.1, 0.15) is 37.7 Å². The summed E-state index contributed by atoms with van der Waals surface area (Å²) in [7, 11) is -2.55. The van der Waals surface area contributed by atoms with E-state index in [2.05, 4.69) is 5.32 Å². The van der Waals surface area contributed by atoms with Gasteiger partial charge in [-0.25, -0.2) is 23.1 Å². The van der Waals surface area contributed by atoms with Crippen LogP contribution in [0.3, 0.4) is 0 Å². The molecule has 0 bridgehead atoms. The fraction of sp³-hybridized carbons (Fsp3) is 0.208. The summed E-state index contributed by atoms with van der Waals surface area (Å²) in [5, 5.41) is 7.67. The number of sulfonamides is 1. The number of rotatable bonds is 8. The zero-order valence-electron chi connectivity index (χ0n) is 19.4. The molecule has 0 aliphatic rings. The second kappa shape index (κ2) is 10.5. The van der Waals surface area contributed by atoms with Crippen molar-refractivity contribution in [3.05, 3.63) is 82.7 Å². The topological polar surface area (TPSA) is 147 Å². The Balaban J connectivity index is 1.66. The molecule has 0 aliphatic carbocycles. The highest BCUT2D eigenvalue weighted by Gasteiger charge is 2.19. The molecule has 35 heavy (non-hydrogen) atoms. The molecule has 3 aromatic rings. The molecule has 0 saturated carbocycles. The zero-order chi connectivity index (χ0) is 25.8. The molecule has 11 heteroatoms. The lowest BCUT2D eigenvalue weighted by Crippen LogP contribution is -2.22. The van der Waals surface area contributed by atoms with Gasteiger partial charge in [0, 0.05) is 17.9 Å². The van der Waals surface area contributed by atoms with Gasteiger partial charge in [-0.2, -0.15) is 0 Å². The third kappa shape index (κ3) is 6.14. The molecule has 1 aromatic heterocycles. The number of hydrogen-bond donors (Lipinski definition) is 2. The first-order valence-electron chi connectivity index (χ1n) is 10.4. The Morgan fingerprint density at radius 2 is 1.63 bits per heavy atom. The van der Waals surface area contributed by atoms with Crippen LogP contribution in [0.5, 0.6) is 0 Å². The molecule has 1 amide bonds. The third-order valence-electron chi connectivity index (χ3n) is 5.33. The Bertz CT molecular complexity index is 1380. The van der Waals surface area contributed by atoms with E-state index in [-0.39, 0.29) is 16.1 Å². The molecule has 0 spiro atoms. The molecule has 0 fully saturated rings. The first-order valence-corrected chi connectivity index (χ1v) is 12.0. The van der Waals surface area contributed by atoms with Crippen LogP contribution in [0.4, 0.5) is 5.69 Å². The Morgan fingerprint density at radius 1 is 0.971 bits per heavy atom. The number of hydrogen-bond acceptors (Lipinski definition) is 7. The van der Waals surface area contributed by atoms with Crippen LogP contribution in [0.2, 0.25) is 0 Å². The predicted octanol–water partition coefficient (Wildman–Crippen LogP) is 2.38. The van der Waals surface area contributed by atoms with Gasteiger partial charge in [-0.05, 0) is 49.7 Å². The normalized spacial score (nSPS) is 11.1. The van der Waals surface area contributed by atoms with Crippen molar-refractivity contribution in [3.8, 4) is 0 Å². The number of esters is 2. The zero-order valence-corrected chi connectivity index (χ0v) is 20.2. The number of nitrogens with two attached hydrogens (primary N) is 1. The minimum absolute atomic E-state index is 0.0129. The van der Waals surface area contributed by atoms with E-state index in [4.69, 9.17) is 14.6 Å². The minimum Gasteiger partial charge on any atom is -0.465 e. The van der Waals surface area contributed by atoms with Gasteiger partial charge in [0.2, 0.25) is 10.0 Å². The maximum atomic E-state index is 12.6. The summed E-state index contributed by atoms with van der Waals surface area (Å²) in [4.78, 5) is 36.8. The van der Waals surface area contributed by atoms with E-state index in [9.17, 15) is 22.8 Å². The van der Waals surface area contributed by atoms with E-state index < -0.39 is 34.5 Å². The summed E-state index contributed by atoms with van der Waals surface area (Å²) < 4.78 is 34.6. The number of nitrogens with one attached hydrogen (secondary N) is 1. The lowest BCUT2D eigenvalue weighted by Gasteiger charge is -2.11. The summed E-state index contributed by atoms with van der Waals surface area (Å²) in [6.45, 7) is 3.40. The van der Waals surface area contributed by atoms with Crippen molar-refractivity contribution < 1.29 is 32.3 Å². The average Bonchev–Trinajstić information content (AvgIpc) is 3.10. The van der Waals surface area contributed by atoms with Gasteiger partial charge in [0.1, 0.15) is 0 Å². The molecule has 2 aromatic carbocycles. The van der Waals surface area contributed by atoms with E-state index in [1.54, 1.807) is 37.3 Å². The number of benzene rings is 2. The SMILES string of the molecule is COC(=O)c1ccccc1NC(=O)COC(=O)c1cc(C)n(Cc2ccc(S(N)(=O)=O)cc2)c1C. The number of ether oxygens (including phenoxy) is 2. The number of aryl methyl sites for hydroxylation is 1. The minimum atomic E-state index is -3.78. The van der Waals surface area contributed by atoms with Crippen LogP contribution in [0, 0.1) is 13.8 Å². The monoisotopic (exact) mass is 499 g/mol. The lowest BCUT2D eigenvalue weighted by molar-refractivity contribution is -0.119. The maximum Gasteiger partial charge on any atom is 0.340 e. The van der Waals surface area contributed by atoms with Gasteiger partial charge < -0.3 is 19.4 Å². The van der Waals surface area contributed by atoms with Crippen molar-refractivity contribution in [1.82, 2.24) is 4.57 Å². The number of primary sulfonamides is 1. The Morgan fingerprint density at radius 3 is 2.26 bits per heavy atom. The van der Waals surface area contributed by atoms with Crippen LogP contribution in [0.25, 0.3) is 0 Å². The number of nitrogens with zero attached hydrogens (tertiary/aromatic N) is 1. The van der Waals surface area contributed by atoms with Crippen LogP contribution in [-0.4, -0.2) is 44.5 Å².